The fourth-order valence-corrected chi connectivity index (χ4v) is 3.02. The molecule has 0 spiro atoms. The summed E-state index contributed by atoms with van der Waals surface area (Å²) in [6.45, 7) is 9.60. The van der Waals surface area contributed by atoms with Crippen molar-refractivity contribution in [3.63, 3.8) is 0 Å². The number of hydrogen-bond donors (Lipinski definition) is 0. The van der Waals surface area contributed by atoms with Gasteiger partial charge >= 0.3 is 5.97 Å². The van der Waals surface area contributed by atoms with E-state index in [0.717, 1.165) is 5.57 Å². The number of amides is 1. The zero-order valence-corrected chi connectivity index (χ0v) is 17.1. The molecule has 0 bridgehead atoms. The van der Waals surface area contributed by atoms with Gasteiger partial charge in [-0.3, -0.25) is 4.79 Å². The first-order valence-electron chi connectivity index (χ1n) is 9.42. The number of fused-ring (bicyclic) bond motifs is 1. The molecule has 0 saturated carbocycles. The van der Waals surface area contributed by atoms with Gasteiger partial charge < -0.3 is 14.2 Å². The maximum absolute atomic E-state index is 13.3. The minimum Gasteiger partial charge on any atom is -0.452 e. The van der Waals surface area contributed by atoms with Gasteiger partial charge in [-0.15, -0.1) is 0 Å². The zero-order valence-electron chi connectivity index (χ0n) is 17.1. The fourth-order valence-electron chi connectivity index (χ4n) is 3.02. The van der Waals surface area contributed by atoms with Gasteiger partial charge in [-0.2, -0.15) is 0 Å². The Labute approximate surface area is 173 Å². The second-order valence-electron chi connectivity index (χ2n) is 6.95. The number of carbonyl (C=O) groups is 2. The molecule has 0 aliphatic heterocycles. The Kier molecular flexibility index (Phi) is 6.25. The summed E-state index contributed by atoms with van der Waals surface area (Å²) < 4.78 is 23.8. The van der Waals surface area contributed by atoms with E-state index in [0.29, 0.717) is 35.4 Å². The average molecular weight is 411 g/mol. The molecule has 2 heterocycles. The first-order valence-corrected chi connectivity index (χ1v) is 9.42. The number of esters is 1. The Hall–Kier alpha value is -3.55. The normalized spacial score (nSPS) is 10.8. The van der Waals surface area contributed by atoms with Crippen LogP contribution in [0.5, 0.6) is 0 Å². The lowest BCUT2D eigenvalue weighted by Gasteiger charge is -2.20. The van der Waals surface area contributed by atoms with E-state index in [9.17, 15) is 14.0 Å². The highest BCUT2D eigenvalue weighted by Crippen LogP contribution is 2.27. The van der Waals surface area contributed by atoms with Crippen LogP contribution in [0.25, 0.3) is 22.4 Å². The van der Waals surface area contributed by atoms with Crippen LogP contribution in [0.3, 0.4) is 0 Å². The van der Waals surface area contributed by atoms with E-state index in [-0.39, 0.29) is 23.0 Å². The minimum absolute atomic E-state index is 0.157. The van der Waals surface area contributed by atoms with Crippen molar-refractivity contribution < 1.29 is 23.2 Å². The maximum Gasteiger partial charge on any atom is 0.339 e. The lowest BCUT2D eigenvalue weighted by Crippen LogP contribution is -2.35. The van der Waals surface area contributed by atoms with Crippen molar-refractivity contribution in [2.75, 3.05) is 19.7 Å². The predicted octanol–water partition coefficient (Wildman–Crippen LogP) is 3.92. The van der Waals surface area contributed by atoms with Crippen LogP contribution in [0.15, 0.2) is 47.0 Å². The molecule has 30 heavy (non-hydrogen) atoms. The zero-order chi connectivity index (χ0) is 21.8. The lowest BCUT2D eigenvalue weighted by atomic mass is 10.1. The quantitative estimate of drug-likeness (QED) is 0.433. The van der Waals surface area contributed by atoms with Gasteiger partial charge in [0.15, 0.2) is 6.61 Å². The van der Waals surface area contributed by atoms with Crippen molar-refractivity contribution in [3.05, 3.63) is 59.6 Å². The highest BCUT2D eigenvalue weighted by atomic mass is 19.1. The summed E-state index contributed by atoms with van der Waals surface area (Å²) in [7, 11) is 0. The van der Waals surface area contributed by atoms with Crippen LogP contribution in [0.1, 0.15) is 29.9 Å². The summed E-state index contributed by atoms with van der Waals surface area (Å²) >= 11 is 0. The van der Waals surface area contributed by atoms with E-state index in [2.05, 4.69) is 16.7 Å². The standard InChI is InChI=1S/C22H22FN3O4/c1-5-26(11-13(2)3)19(27)12-29-22(28)17-10-18(15-6-8-16(23)9-7-15)24-21-20(17)14(4)25-30-21/h6-10H,2,5,11-12H2,1,3-4H3. The second kappa shape index (κ2) is 8.86. The summed E-state index contributed by atoms with van der Waals surface area (Å²) in [4.78, 5) is 31.1. The Balaban J connectivity index is 1.89. The van der Waals surface area contributed by atoms with Gasteiger partial charge in [-0.25, -0.2) is 14.2 Å². The number of carbonyl (C=O) groups excluding carboxylic acids is 2. The number of nitrogens with zero attached hydrogens (tertiary/aromatic N) is 3. The number of aromatic nitrogens is 2. The fraction of sp³-hybridized carbons (Fsp3) is 0.273. The van der Waals surface area contributed by atoms with E-state index in [1.54, 1.807) is 24.0 Å². The third-order valence-corrected chi connectivity index (χ3v) is 4.50. The van der Waals surface area contributed by atoms with Gasteiger partial charge in [0.1, 0.15) is 5.82 Å². The number of benzene rings is 1. The molecule has 7 nitrogen and oxygen atoms in total. The summed E-state index contributed by atoms with van der Waals surface area (Å²) in [5.74, 6) is -1.40. The molecule has 0 atom stereocenters. The molecule has 1 amide bonds. The minimum atomic E-state index is -0.697. The average Bonchev–Trinajstić information content (AvgIpc) is 3.10. The van der Waals surface area contributed by atoms with Crippen LogP contribution in [0.4, 0.5) is 4.39 Å². The molecule has 156 valence electrons. The van der Waals surface area contributed by atoms with Crippen LogP contribution in [-0.2, 0) is 9.53 Å². The number of pyridine rings is 1. The van der Waals surface area contributed by atoms with E-state index >= 15 is 0 Å². The molecular weight excluding hydrogens is 389 g/mol. The highest BCUT2D eigenvalue weighted by molar-refractivity contribution is 6.04. The van der Waals surface area contributed by atoms with Crippen LogP contribution in [0.2, 0.25) is 0 Å². The summed E-state index contributed by atoms with van der Waals surface area (Å²) in [6, 6.07) is 7.21. The van der Waals surface area contributed by atoms with Crippen molar-refractivity contribution in [3.8, 4) is 11.3 Å². The predicted molar refractivity (Wildman–Crippen MR) is 109 cm³/mol. The number of hydrogen-bond acceptors (Lipinski definition) is 6. The lowest BCUT2D eigenvalue weighted by molar-refractivity contribution is -0.133. The van der Waals surface area contributed by atoms with Crippen molar-refractivity contribution >= 4 is 23.0 Å². The van der Waals surface area contributed by atoms with Gasteiger partial charge in [-0.1, -0.05) is 17.3 Å². The van der Waals surface area contributed by atoms with Crippen molar-refractivity contribution in [1.82, 2.24) is 15.0 Å². The molecule has 0 unspecified atom stereocenters. The Morgan fingerprint density at radius 2 is 1.97 bits per heavy atom. The van der Waals surface area contributed by atoms with Gasteiger partial charge in [0.25, 0.3) is 11.6 Å². The first-order chi connectivity index (χ1) is 14.3. The number of aryl methyl sites for hydroxylation is 1. The number of likely N-dealkylation sites (N-methyl/N-ethyl adjacent to an activating group) is 1. The third-order valence-electron chi connectivity index (χ3n) is 4.50. The Bertz CT molecular complexity index is 1110. The molecule has 3 aromatic rings. The van der Waals surface area contributed by atoms with E-state index in [1.807, 2.05) is 13.8 Å². The third kappa shape index (κ3) is 4.53. The van der Waals surface area contributed by atoms with Gasteiger partial charge in [0, 0.05) is 18.7 Å². The van der Waals surface area contributed by atoms with E-state index in [4.69, 9.17) is 9.26 Å². The Morgan fingerprint density at radius 1 is 1.27 bits per heavy atom. The van der Waals surface area contributed by atoms with E-state index in [1.165, 1.54) is 18.2 Å². The Morgan fingerprint density at radius 3 is 2.60 bits per heavy atom. The van der Waals surface area contributed by atoms with E-state index < -0.39 is 12.6 Å². The SMILES string of the molecule is C=C(C)CN(CC)C(=O)COC(=O)c1cc(-c2ccc(F)cc2)nc2onc(C)c12. The molecule has 8 heteroatoms. The smallest absolute Gasteiger partial charge is 0.339 e. The molecule has 0 aliphatic carbocycles. The van der Waals surface area contributed by atoms with Crippen LogP contribution >= 0.6 is 0 Å². The molecule has 0 fully saturated rings. The molecule has 0 radical (unpaired) electrons. The summed E-state index contributed by atoms with van der Waals surface area (Å²) in [5, 5.41) is 4.28. The number of rotatable bonds is 7. The highest BCUT2D eigenvalue weighted by Gasteiger charge is 2.22. The van der Waals surface area contributed by atoms with Crippen molar-refractivity contribution in [2.45, 2.75) is 20.8 Å². The topological polar surface area (TPSA) is 85.5 Å². The van der Waals surface area contributed by atoms with Crippen LogP contribution in [-0.4, -0.2) is 46.6 Å². The van der Waals surface area contributed by atoms with Crippen LogP contribution < -0.4 is 0 Å². The summed E-state index contributed by atoms with van der Waals surface area (Å²) in [5.41, 5.74) is 2.62. The number of ether oxygens (including phenoxy) is 1. The summed E-state index contributed by atoms with van der Waals surface area (Å²) in [6.07, 6.45) is 0. The molecule has 0 N–H and O–H groups in total. The molecule has 0 aliphatic rings. The molecule has 1 aromatic carbocycles. The molecule has 0 saturated heterocycles. The van der Waals surface area contributed by atoms with Gasteiger partial charge in [-0.05, 0) is 51.1 Å². The molecular formula is C22H22FN3O4. The van der Waals surface area contributed by atoms with Crippen molar-refractivity contribution in [1.29, 1.82) is 0 Å². The second-order valence-corrected chi connectivity index (χ2v) is 6.95. The largest absolute Gasteiger partial charge is 0.452 e. The molecule has 2 aromatic heterocycles. The maximum atomic E-state index is 13.3. The number of halogens is 1. The monoisotopic (exact) mass is 411 g/mol. The van der Waals surface area contributed by atoms with Gasteiger partial charge in [0.05, 0.1) is 22.3 Å². The van der Waals surface area contributed by atoms with Gasteiger partial charge in [0.2, 0.25) is 0 Å². The molecule has 3 rings (SSSR count). The van der Waals surface area contributed by atoms with Crippen LogP contribution in [0, 0.1) is 12.7 Å². The first kappa shape index (κ1) is 21.2. The van der Waals surface area contributed by atoms with Crippen molar-refractivity contribution in [2.24, 2.45) is 0 Å².